The van der Waals surface area contributed by atoms with Gasteiger partial charge in [0.15, 0.2) is 0 Å². The predicted molar refractivity (Wildman–Crippen MR) is 126 cm³/mol. The van der Waals surface area contributed by atoms with Crippen LogP contribution >= 0.6 is 11.3 Å². The molecular weight excluding hydrogens is 480 g/mol. The lowest BCUT2D eigenvalue weighted by atomic mass is 10.1. The van der Waals surface area contributed by atoms with Crippen molar-refractivity contribution < 1.29 is 22.0 Å². The minimum absolute atomic E-state index is 0.00615. The maximum absolute atomic E-state index is 13.9. The van der Waals surface area contributed by atoms with Crippen molar-refractivity contribution in [2.45, 2.75) is 11.4 Å². The van der Waals surface area contributed by atoms with Crippen LogP contribution in [0.4, 0.5) is 14.5 Å². The first-order valence-electron chi connectivity index (χ1n) is 10.1. The molecule has 2 aromatic carbocycles. The molecule has 34 heavy (non-hydrogen) atoms. The largest absolute Gasteiger partial charge is 0.337 e. The Bertz CT molecular complexity index is 1550. The summed E-state index contributed by atoms with van der Waals surface area (Å²) in [6.45, 7) is 0.561. The number of pyridine rings is 1. The van der Waals surface area contributed by atoms with E-state index in [1.54, 1.807) is 18.1 Å². The van der Waals surface area contributed by atoms with Gasteiger partial charge < -0.3 is 4.90 Å². The van der Waals surface area contributed by atoms with E-state index in [9.17, 15) is 22.0 Å². The van der Waals surface area contributed by atoms with Crippen LogP contribution < -0.4 is 4.72 Å². The summed E-state index contributed by atoms with van der Waals surface area (Å²) >= 11 is 1.46. The van der Waals surface area contributed by atoms with E-state index in [2.05, 4.69) is 9.71 Å². The van der Waals surface area contributed by atoms with E-state index in [4.69, 9.17) is 0 Å². The molecule has 6 nitrogen and oxygen atoms in total. The molecule has 2 aromatic heterocycles. The van der Waals surface area contributed by atoms with Gasteiger partial charge in [0.25, 0.3) is 15.9 Å². The zero-order valence-corrected chi connectivity index (χ0v) is 19.4. The van der Waals surface area contributed by atoms with E-state index in [1.807, 2.05) is 30.3 Å². The fourth-order valence-corrected chi connectivity index (χ4v) is 5.78. The number of thiophene rings is 1. The van der Waals surface area contributed by atoms with Gasteiger partial charge in [-0.1, -0.05) is 6.07 Å². The van der Waals surface area contributed by atoms with Gasteiger partial charge in [0.2, 0.25) is 0 Å². The van der Waals surface area contributed by atoms with Crippen molar-refractivity contribution in [3.8, 4) is 20.9 Å². The van der Waals surface area contributed by atoms with Crippen LogP contribution in [0.2, 0.25) is 0 Å². The number of nitrogens with zero attached hydrogens (tertiary/aromatic N) is 2. The summed E-state index contributed by atoms with van der Waals surface area (Å²) in [5.74, 6) is -1.82. The molecule has 1 aliphatic rings. The number of rotatable bonds is 5. The van der Waals surface area contributed by atoms with Gasteiger partial charge in [-0.25, -0.2) is 17.2 Å². The Balaban J connectivity index is 1.42. The second-order valence-electron chi connectivity index (χ2n) is 7.84. The summed E-state index contributed by atoms with van der Waals surface area (Å²) in [7, 11) is -2.39. The summed E-state index contributed by atoms with van der Waals surface area (Å²) in [6.07, 6.45) is 2.71. The standard InChI is InChI=1S/C24H17F2N3O3S2/c1-29-13-16-8-14(2-4-19(16)24(29)30)22-6-7-23(33-22)15-9-18(12-27-11-15)34(31,32)28-21-5-3-17(25)10-20(21)26/h2-12,28H,13H2,1H3. The van der Waals surface area contributed by atoms with Gasteiger partial charge in [-0.2, -0.15) is 0 Å². The number of amides is 1. The maximum Gasteiger partial charge on any atom is 0.263 e. The molecule has 0 atom stereocenters. The number of carbonyl (C=O) groups is 1. The maximum atomic E-state index is 13.9. The SMILES string of the molecule is CN1Cc2cc(-c3ccc(-c4cncc(S(=O)(=O)Nc5ccc(F)cc5F)c4)s3)ccc2C1=O. The molecule has 10 heteroatoms. The van der Waals surface area contributed by atoms with Crippen molar-refractivity contribution in [3.63, 3.8) is 0 Å². The van der Waals surface area contributed by atoms with E-state index < -0.39 is 21.7 Å². The summed E-state index contributed by atoms with van der Waals surface area (Å²) in [4.78, 5) is 19.4. The number of hydrogen-bond donors (Lipinski definition) is 1. The van der Waals surface area contributed by atoms with Crippen LogP contribution in [-0.2, 0) is 16.6 Å². The Kier molecular flexibility index (Phi) is 5.41. The number of anilines is 1. The van der Waals surface area contributed by atoms with E-state index in [-0.39, 0.29) is 16.5 Å². The number of carbonyl (C=O) groups excluding carboxylic acids is 1. The van der Waals surface area contributed by atoms with Crippen molar-refractivity contribution in [2.24, 2.45) is 0 Å². The predicted octanol–water partition coefficient (Wildman–Crippen LogP) is 5.14. The third-order valence-corrected chi connectivity index (χ3v) is 7.98. The lowest BCUT2D eigenvalue weighted by molar-refractivity contribution is 0.0816. The Labute approximate surface area is 198 Å². The number of sulfonamides is 1. The molecule has 0 saturated carbocycles. The summed E-state index contributed by atoms with van der Waals surface area (Å²) in [5.41, 5.74) is 2.85. The second kappa shape index (κ2) is 8.30. The number of nitrogens with one attached hydrogen (secondary N) is 1. The third kappa shape index (κ3) is 4.06. The van der Waals surface area contributed by atoms with Crippen LogP contribution in [0.1, 0.15) is 15.9 Å². The molecule has 0 radical (unpaired) electrons. The van der Waals surface area contributed by atoms with Crippen LogP contribution in [0.25, 0.3) is 20.9 Å². The molecule has 4 aromatic rings. The third-order valence-electron chi connectivity index (χ3n) is 5.46. The summed E-state index contributed by atoms with van der Waals surface area (Å²) in [6, 6.07) is 13.5. The first kappa shape index (κ1) is 22.2. The number of fused-ring (bicyclic) bond motifs is 1. The number of hydrogen-bond acceptors (Lipinski definition) is 5. The zero-order valence-electron chi connectivity index (χ0n) is 17.7. The van der Waals surface area contributed by atoms with Gasteiger partial charge >= 0.3 is 0 Å². The van der Waals surface area contributed by atoms with Crippen molar-refractivity contribution >= 4 is 33.0 Å². The molecule has 1 amide bonds. The van der Waals surface area contributed by atoms with Crippen LogP contribution in [0.15, 0.2) is 71.9 Å². The van der Waals surface area contributed by atoms with Crippen molar-refractivity contribution in [1.82, 2.24) is 9.88 Å². The van der Waals surface area contributed by atoms with Crippen molar-refractivity contribution in [2.75, 3.05) is 11.8 Å². The Morgan fingerprint density at radius 3 is 2.50 bits per heavy atom. The fourth-order valence-electron chi connectivity index (χ4n) is 3.74. The van der Waals surface area contributed by atoms with Gasteiger partial charge in [0.05, 0.1) is 5.69 Å². The first-order valence-corrected chi connectivity index (χ1v) is 12.4. The molecule has 3 heterocycles. The highest BCUT2D eigenvalue weighted by molar-refractivity contribution is 7.92. The van der Waals surface area contributed by atoms with Crippen LogP contribution in [0.5, 0.6) is 0 Å². The van der Waals surface area contributed by atoms with E-state index in [1.165, 1.54) is 17.4 Å². The smallest absolute Gasteiger partial charge is 0.263 e. The van der Waals surface area contributed by atoms with Crippen LogP contribution in [0, 0.1) is 11.6 Å². The first-order chi connectivity index (χ1) is 16.2. The topological polar surface area (TPSA) is 79.4 Å². The van der Waals surface area contributed by atoms with Crippen LogP contribution in [-0.4, -0.2) is 31.3 Å². The molecule has 172 valence electrons. The van der Waals surface area contributed by atoms with E-state index in [0.717, 1.165) is 39.2 Å². The number of aromatic nitrogens is 1. The molecule has 0 unspecified atom stereocenters. The summed E-state index contributed by atoms with van der Waals surface area (Å²) < 4.78 is 54.7. The molecule has 0 saturated heterocycles. The zero-order chi connectivity index (χ0) is 24.0. The lowest BCUT2D eigenvalue weighted by Gasteiger charge is -2.09. The Morgan fingerprint density at radius 2 is 1.74 bits per heavy atom. The molecule has 5 rings (SSSR count). The molecule has 0 aliphatic carbocycles. The average molecular weight is 498 g/mol. The highest BCUT2D eigenvalue weighted by Crippen LogP contribution is 2.36. The molecule has 0 fully saturated rings. The number of benzene rings is 2. The normalized spacial score (nSPS) is 13.3. The number of halogens is 2. The molecule has 0 spiro atoms. The molecule has 1 aliphatic heterocycles. The molecular formula is C24H17F2N3O3S2. The Morgan fingerprint density at radius 1 is 0.971 bits per heavy atom. The fraction of sp³-hybridized carbons (Fsp3) is 0.0833. The van der Waals surface area contributed by atoms with Crippen molar-refractivity contribution in [3.05, 3.63) is 89.8 Å². The van der Waals surface area contributed by atoms with E-state index >= 15 is 0 Å². The monoisotopic (exact) mass is 497 g/mol. The summed E-state index contributed by atoms with van der Waals surface area (Å²) in [5, 5.41) is 0. The van der Waals surface area contributed by atoms with Gasteiger partial charge in [0, 0.05) is 52.9 Å². The quantitative estimate of drug-likeness (QED) is 0.414. The van der Waals surface area contributed by atoms with Gasteiger partial charge in [-0.15, -0.1) is 11.3 Å². The van der Waals surface area contributed by atoms with Crippen molar-refractivity contribution in [1.29, 1.82) is 0 Å². The minimum atomic E-state index is -4.15. The van der Waals surface area contributed by atoms with Crippen LogP contribution in [0.3, 0.4) is 0 Å². The van der Waals surface area contributed by atoms with Gasteiger partial charge in [-0.05, 0) is 53.6 Å². The average Bonchev–Trinajstić information content (AvgIpc) is 3.41. The minimum Gasteiger partial charge on any atom is -0.337 e. The highest BCUT2D eigenvalue weighted by Gasteiger charge is 2.24. The Hall–Kier alpha value is -3.63. The van der Waals surface area contributed by atoms with Gasteiger partial charge in [-0.3, -0.25) is 14.5 Å². The van der Waals surface area contributed by atoms with E-state index in [0.29, 0.717) is 23.7 Å². The van der Waals surface area contributed by atoms with Gasteiger partial charge in [0.1, 0.15) is 16.5 Å². The second-order valence-corrected chi connectivity index (χ2v) is 10.6. The molecule has 1 N–H and O–H groups in total. The molecule has 0 bridgehead atoms. The highest BCUT2D eigenvalue weighted by atomic mass is 32.2. The lowest BCUT2D eigenvalue weighted by Crippen LogP contribution is -2.17.